The van der Waals surface area contributed by atoms with Gasteiger partial charge in [-0.05, 0) is 71.1 Å². The molecule has 192 valence electrons. The van der Waals surface area contributed by atoms with Crippen LogP contribution in [0.3, 0.4) is 0 Å². The van der Waals surface area contributed by atoms with Crippen molar-refractivity contribution in [3.8, 4) is 17.2 Å². The van der Waals surface area contributed by atoms with E-state index in [9.17, 15) is 0 Å². The van der Waals surface area contributed by atoms with E-state index >= 15 is 0 Å². The van der Waals surface area contributed by atoms with Crippen LogP contribution >= 0.6 is 0 Å². The van der Waals surface area contributed by atoms with Crippen LogP contribution in [0.25, 0.3) is 0 Å². The van der Waals surface area contributed by atoms with Crippen LogP contribution in [0.2, 0.25) is 0 Å². The highest BCUT2D eigenvalue weighted by Crippen LogP contribution is 2.41. The molecule has 0 saturated heterocycles. The highest BCUT2D eigenvalue weighted by atomic mass is 16.5. The van der Waals surface area contributed by atoms with Gasteiger partial charge in [-0.25, -0.2) is 0 Å². The molecule has 38 heavy (non-hydrogen) atoms. The molecule has 0 N–H and O–H groups in total. The van der Waals surface area contributed by atoms with Crippen LogP contribution in [-0.4, -0.2) is 0 Å². The van der Waals surface area contributed by atoms with Crippen molar-refractivity contribution in [1.29, 1.82) is 0 Å². The van der Waals surface area contributed by atoms with Crippen molar-refractivity contribution in [1.82, 2.24) is 0 Å². The lowest BCUT2D eigenvalue weighted by atomic mass is 9.70. The lowest BCUT2D eigenvalue weighted by molar-refractivity contribution is 0.482. The van der Waals surface area contributed by atoms with E-state index in [0.29, 0.717) is 0 Å². The molecule has 0 aliphatic rings. The minimum absolute atomic E-state index is 0.186. The molecule has 0 saturated carbocycles. The van der Waals surface area contributed by atoms with E-state index < -0.39 is 5.41 Å². The van der Waals surface area contributed by atoms with Crippen molar-refractivity contribution in [3.63, 3.8) is 0 Å². The van der Waals surface area contributed by atoms with E-state index in [2.05, 4.69) is 101 Å². The van der Waals surface area contributed by atoms with E-state index in [-0.39, 0.29) is 5.41 Å². The van der Waals surface area contributed by atoms with Crippen LogP contribution in [0.15, 0.2) is 136 Å². The third-order valence-corrected chi connectivity index (χ3v) is 7.28. The van der Waals surface area contributed by atoms with Gasteiger partial charge in [0.15, 0.2) is 0 Å². The van der Waals surface area contributed by atoms with Crippen molar-refractivity contribution < 1.29 is 14.2 Å². The summed E-state index contributed by atoms with van der Waals surface area (Å²) < 4.78 is 16.3. The predicted octanol–water partition coefficient (Wildman–Crippen LogP) is 8.93. The Kier molecular flexibility index (Phi) is 7.87. The maximum Gasteiger partial charge on any atom is 0.126 e. The van der Waals surface area contributed by atoms with Gasteiger partial charge in [0.05, 0.1) is 18.8 Å². The molecule has 0 radical (unpaired) electrons. The fourth-order valence-electron chi connectivity index (χ4n) is 4.86. The first kappa shape index (κ1) is 26.6. The SMILES string of the molecule is C=COc1ccc(C(C)(C)c2ccc(C(C)(c3ccc(OC=C)cc3)c3ccc(OC=C)cc3)cc2)cc1. The minimum Gasteiger partial charge on any atom is -0.466 e. The number of hydrogen-bond acceptors (Lipinski definition) is 3. The van der Waals surface area contributed by atoms with Gasteiger partial charge in [0.2, 0.25) is 0 Å². The number of ether oxygens (including phenoxy) is 3. The van der Waals surface area contributed by atoms with E-state index in [1.54, 1.807) is 0 Å². The Bertz CT molecular complexity index is 1320. The zero-order valence-corrected chi connectivity index (χ0v) is 22.3. The molecule has 0 fully saturated rings. The van der Waals surface area contributed by atoms with Crippen LogP contribution < -0.4 is 14.2 Å². The van der Waals surface area contributed by atoms with Gasteiger partial charge in [-0.3, -0.25) is 0 Å². The Hall–Kier alpha value is -4.50. The van der Waals surface area contributed by atoms with Crippen LogP contribution in [0, 0.1) is 0 Å². The average molecular weight is 503 g/mol. The first-order valence-corrected chi connectivity index (χ1v) is 12.6. The molecule has 0 aliphatic carbocycles. The first-order chi connectivity index (χ1) is 18.3. The Balaban J connectivity index is 1.74. The lowest BCUT2D eigenvalue weighted by Crippen LogP contribution is -2.26. The number of benzene rings is 4. The van der Waals surface area contributed by atoms with Gasteiger partial charge in [-0.2, -0.15) is 0 Å². The monoisotopic (exact) mass is 502 g/mol. The summed E-state index contributed by atoms with van der Waals surface area (Å²) in [6.45, 7) is 17.7. The molecule has 0 bridgehead atoms. The van der Waals surface area contributed by atoms with Gasteiger partial charge in [0, 0.05) is 10.8 Å². The maximum atomic E-state index is 5.47. The third-order valence-electron chi connectivity index (χ3n) is 7.28. The zero-order valence-electron chi connectivity index (χ0n) is 22.3. The first-order valence-electron chi connectivity index (χ1n) is 12.6. The molecule has 0 aromatic heterocycles. The van der Waals surface area contributed by atoms with Gasteiger partial charge in [0.1, 0.15) is 17.2 Å². The summed E-state index contributed by atoms with van der Waals surface area (Å²) in [5.41, 5.74) is 5.32. The molecule has 4 rings (SSSR count). The smallest absolute Gasteiger partial charge is 0.126 e. The molecule has 0 spiro atoms. The van der Waals surface area contributed by atoms with Crippen molar-refractivity contribution >= 4 is 0 Å². The Morgan fingerprint density at radius 1 is 0.421 bits per heavy atom. The summed E-state index contributed by atoms with van der Waals surface area (Å²) >= 11 is 0. The molecule has 4 aromatic carbocycles. The summed E-state index contributed by atoms with van der Waals surface area (Å²) in [4.78, 5) is 0. The van der Waals surface area contributed by atoms with Crippen LogP contribution in [-0.2, 0) is 10.8 Å². The van der Waals surface area contributed by atoms with Gasteiger partial charge in [0.25, 0.3) is 0 Å². The van der Waals surface area contributed by atoms with Crippen molar-refractivity contribution in [2.45, 2.75) is 31.6 Å². The van der Waals surface area contributed by atoms with Crippen LogP contribution in [0.1, 0.15) is 48.6 Å². The van der Waals surface area contributed by atoms with Crippen molar-refractivity contribution in [2.75, 3.05) is 0 Å². The fraction of sp³-hybridized carbons (Fsp3) is 0.143. The predicted molar refractivity (Wildman–Crippen MR) is 156 cm³/mol. The lowest BCUT2D eigenvalue weighted by Gasteiger charge is -2.33. The van der Waals surface area contributed by atoms with E-state index in [0.717, 1.165) is 28.4 Å². The summed E-state index contributed by atoms with van der Waals surface area (Å²) in [5.74, 6) is 2.28. The highest BCUT2D eigenvalue weighted by Gasteiger charge is 2.32. The summed E-state index contributed by atoms with van der Waals surface area (Å²) in [6.07, 6.45) is 4.32. The summed E-state index contributed by atoms with van der Waals surface area (Å²) in [7, 11) is 0. The molecular formula is C35H34O3. The molecular weight excluding hydrogens is 468 g/mol. The van der Waals surface area contributed by atoms with E-state index in [1.807, 2.05) is 36.4 Å². The maximum absolute atomic E-state index is 5.47. The standard InChI is InChI=1S/C35H34O3/c1-7-36-31-20-14-27(15-21-31)34(4,5)26-10-12-28(13-11-26)35(6,29-16-22-32(23-17-29)37-8-2)30-18-24-33(25-19-30)38-9-3/h7-25H,1-3H2,4-6H3. The molecule has 0 amide bonds. The second-order valence-electron chi connectivity index (χ2n) is 9.75. The van der Waals surface area contributed by atoms with Crippen LogP contribution in [0.5, 0.6) is 17.2 Å². The zero-order chi connectivity index (χ0) is 27.2. The van der Waals surface area contributed by atoms with E-state index in [1.165, 1.54) is 35.5 Å². The van der Waals surface area contributed by atoms with Gasteiger partial charge in [-0.15, -0.1) is 0 Å². The minimum atomic E-state index is -0.411. The van der Waals surface area contributed by atoms with Crippen molar-refractivity contribution in [2.24, 2.45) is 0 Å². The quantitative estimate of drug-likeness (QED) is 0.151. The summed E-state index contributed by atoms with van der Waals surface area (Å²) in [5, 5.41) is 0. The summed E-state index contributed by atoms with van der Waals surface area (Å²) in [6, 6.07) is 33.4. The molecule has 0 atom stereocenters. The third kappa shape index (κ3) is 5.28. The molecule has 3 heteroatoms. The Labute approximate surface area is 226 Å². The Morgan fingerprint density at radius 3 is 0.947 bits per heavy atom. The van der Waals surface area contributed by atoms with Crippen LogP contribution in [0.4, 0.5) is 0 Å². The molecule has 3 nitrogen and oxygen atoms in total. The topological polar surface area (TPSA) is 27.7 Å². The normalized spacial score (nSPS) is 11.3. The second kappa shape index (κ2) is 11.3. The van der Waals surface area contributed by atoms with Gasteiger partial charge < -0.3 is 14.2 Å². The molecule has 4 aromatic rings. The van der Waals surface area contributed by atoms with E-state index in [4.69, 9.17) is 14.2 Å². The largest absolute Gasteiger partial charge is 0.466 e. The number of rotatable bonds is 11. The fourth-order valence-corrected chi connectivity index (χ4v) is 4.86. The highest BCUT2D eigenvalue weighted by molar-refractivity contribution is 5.53. The molecule has 0 heterocycles. The second-order valence-corrected chi connectivity index (χ2v) is 9.75. The van der Waals surface area contributed by atoms with Gasteiger partial charge >= 0.3 is 0 Å². The molecule has 0 unspecified atom stereocenters. The van der Waals surface area contributed by atoms with Gasteiger partial charge in [-0.1, -0.05) is 94.2 Å². The van der Waals surface area contributed by atoms with Crippen molar-refractivity contribution in [3.05, 3.63) is 163 Å². The Morgan fingerprint density at radius 2 is 0.658 bits per heavy atom. The number of hydrogen-bond donors (Lipinski definition) is 0. The average Bonchev–Trinajstić information content (AvgIpc) is 2.94. The molecule has 0 aliphatic heterocycles.